The fourth-order valence-corrected chi connectivity index (χ4v) is 4.89. The molecule has 2 aromatic heterocycles. The van der Waals surface area contributed by atoms with Gasteiger partial charge in [-0.1, -0.05) is 17.4 Å². The number of furan rings is 1. The minimum Gasteiger partial charge on any atom is -0.493 e. The molecule has 0 saturated carbocycles. The lowest BCUT2D eigenvalue weighted by atomic mass is 10.0. The number of thiazole rings is 1. The van der Waals surface area contributed by atoms with Crippen molar-refractivity contribution in [1.82, 2.24) is 4.57 Å². The summed E-state index contributed by atoms with van der Waals surface area (Å²) >= 11 is 1.18. The number of benzene rings is 1. The molecular weight excluding hydrogens is 488 g/mol. The molecule has 0 unspecified atom stereocenters. The first kappa shape index (κ1) is 25.0. The summed E-state index contributed by atoms with van der Waals surface area (Å²) in [6.45, 7) is 4.86. The van der Waals surface area contributed by atoms with Crippen LogP contribution in [0.4, 0.5) is 0 Å². The molecule has 0 bridgehead atoms. The fraction of sp³-hybridized carbons (Fsp3) is 0.280. The Morgan fingerprint density at radius 1 is 1.22 bits per heavy atom. The first-order valence-electron chi connectivity index (χ1n) is 11.0. The van der Waals surface area contributed by atoms with Gasteiger partial charge in [-0.05, 0) is 56.7 Å². The zero-order valence-electron chi connectivity index (χ0n) is 20.1. The van der Waals surface area contributed by atoms with Crippen LogP contribution in [-0.2, 0) is 14.3 Å². The normalized spacial score (nSPS) is 15.3. The molecule has 0 amide bonds. The Labute approximate surface area is 209 Å². The lowest BCUT2D eigenvalue weighted by Crippen LogP contribution is -2.39. The van der Waals surface area contributed by atoms with Crippen LogP contribution in [-0.4, -0.2) is 41.9 Å². The van der Waals surface area contributed by atoms with Crippen molar-refractivity contribution in [3.8, 4) is 11.5 Å². The molecule has 1 aromatic carbocycles. The Balaban J connectivity index is 1.83. The van der Waals surface area contributed by atoms with Crippen LogP contribution in [0.3, 0.4) is 0 Å². The molecular formula is C25H24N2O8S. The van der Waals surface area contributed by atoms with Crippen LogP contribution in [0.1, 0.15) is 37.0 Å². The van der Waals surface area contributed by atoms with Gasteiger partial charge >= 0.3 is 11.9 Å². The van der Waals surface area contributed by atoms with Crippen molar-refractivity contribution in [2.24, 2.45) is 4.99 Å². The van der Waals surface area contributed by atoms with E-state index in [1.807, 2.05) is 0 Å². The van der Waals surface area contributed by atoms with E-state index in [1.54, 1.807) is 57.2 Å². The first-order chi connectivity index (χ1) is 17.2. The van der Waals surface area contributed by atoms with E-state index < -0.39 is 24.6 Å². The Kier molecular flexibility index (Phi) is 7.11. The third-order valence-electron chi connectivity index (χ3n) is 5.38. The molecule has 0 aliphatic carbocycles. The average molecular weight is 513 g/mol. The van der Waals surface area contributed by atoms with Crippen molar-refractivity contribution in [2.75, 3.05) is 20.3 Å². The third-order valence-corrected chi connectivity index (χ3v) is 6.37. The van der Waals surface area contributed by atoms with Gasteiger partial charge in [-0.25, -0.2) is 14.6 Å². The number of allylic oxidation sites excluding steroid dienone is 1. The lowest BCUT2D eigenvalue weighted by molar-refractivity contribution is -0.140. The first-order valence-corrected chi connectivity index (χ1v) is 11.8. The molecule has 11 heteroatoms. The minimum absolute atomic E-state index is 0.179. The van der Waals surface area contributed by atoms with E-state index in [4.69, 9.17) is 23.7 Å². The number of carboxylic acids is 1. The van der Waals surface area contributed by atoms with Gasteiger partial charge < -0.3 is 23.7 Å². The molecule has 0 saturated heterocycles. The van der Waals surface area contributed by atoms with Crippen molar-refractivity contribution in [1.29, 1.82) is 0 Å². The number of ether oxygens (including phenoxy) is 3. The van der Waals surface area contributed by atoms with Crippen LogP contribution in [0.15, 0.2) is 55.8 Å². The van der Waals surface area contributed by atoms with Crippen LogP contribution in [0.25, 0.3) is 6.08 Å². The Morgan fingerprint density at radius 3 is 2.64 bits per heavy atom. The van der Waals surface area contributed by atoms with Gasteiger partial charge in [0.15, 0.2) is 22.9 Å². The van der Waals surface area contributed by atoms with E-state index in [0.717, 1.165) is 0 Å². The molecule has 1 atom stereocenters. The topological polar surface area (TPSA) is 130 Å². The number of carboxylic acid groups (broad SMARTS) is 1. The van der Waals surface area contributed by atoms with Gasteiger partial charge in [-0.15, -0.1) is 0 Å². The fourth-order valence-electron chi connectivity index (χ4n) is 3.85. The smallest absolute Gasteiger partial charge is 0.341 e. The molecule has 1 aliphatic rings. The Bertz CT molecular complexity index is 1540. The van der Waals surface area contributed by atoms with Gasteiger partial charge in [0, 0.05) is 0 Å². The summed E-state index contributed by atoms with van der Waals surface area (Å²) in [4.78, 5) is 42.2. The van der Waals surface area contributed by atoms with Crippen molar-refractivity contribution in [3.05, 3.63) is 78.4 Å². The minimum atomic E-state index is -1.11. The summed E-state index contributed by atoms with van der Waals surface area (Å²) in [5.41, 5.74) is 0.970. The predicted octanol–water partition coefficient (Wildman–Crippen LogP) is 2.17. The molecule has 1 N–H and O–H groups in total. The number of carbonyl (C=O) groups is 2. The maximum atomic E-state index is 13.6. The summed E-state index contributed by atoms with van der Waals surface area (Å²) in [5.74, 6) is -0.0141. The molecule has 0 radical (unpaired) electrons. The number of esters is 1. The summed E-state index contributed by atoms with van der Waals surface area (Å²) in [6.07, 6.45) is 1.67. The molecule has 3 heterocycles. The molecule has 3 aromatic rings. The van der Waals surface area contributed by atoms with Gasteiger partial charge in [-0.3, -0.25) is 9.36 Å². The average Bonchev–Trinajstić information content (AvgIpc) is 3.40. The highest BCUT2D eigenvalue weighted by molar-refractivity contribution is 7.07. The molecule has 188 valence electrons. The zero-order chi connectivity index (χ0) is 26.0. The van der Waals surface area contributed by atoms with E-state index >= 15 is 0 Å². The van der Waals surface area contributed by atoms with Crippen molar-refractivity contribution < 1.29 is 33.3 Å². The van der Waals surface area contributed by atoms with E-state index in [2.05, 4.69) is 4.99 Å². The standard InChI is InChI=1S/C25H24N2O8S/c1-5-33-24(31)21-14(3)26-25-27(22(21)17-8-6-13(2)35-17)23(30)19(36-25)11-15-7-9-16(18(10-15)32-4)34-12-20(28)29/h6-11,22H,5,12H2,1-4H3,(H,28,29)/b19-11+/t22-/m1/s1. The highest BCUT2D eigenvalue weighted by atomic mass is 32.1. The number of hydrogen-bond donors (Lipinski definition) is 1. The number of nitrogens with zero attached hydrogens (tertiary/aromatic N) is 2. The van der Waals surface area contributed by atoms with E-state index in [9.17, 15) is 14.4 Å². The number of methoxy groups -OCH3 is 1. The molecule has 1 aliphatic heterocycles. The van der Waals surface area contributed by atoms with Gasteiger partial charge in [0.2, 0.25) is 0 Å². The molecule has 0 fully saturated rings. The van der Waals surface area contributed by atoms with Crippen LogP contribution < -0.4 is 24.4 Å². The maximum Gasteiger partial charge on any atom is 0.341 e. The van der Waals surface area contributed by atoms with Crippen LogP contribution in [0, 0.1) is 6.92 Å². The summed E-state index contributed by atoms with van der Waals surface area (Å²) in [5, 5.41) is 8.85. The summed E-state index contributed by atoms with van der Waals surface area (Å²) in [6, 6.07) is 7.57. The largest absolute Gasteiger partial charge is 0.493 e. The van der Waals surface area contributed by atoms with Crippen molar-refractivity contribution >= 4 is 29.4 Å². The second kappa shape index (κ2) is 10.2. The predicted molar refractivity (Wildman–Crippen MR) is 130 cm³/mol. The molecule has 10 nitrogen and oxygen atoms in total. The van der Waals surface area contributed by atoms with E-state index in [0.29, 0.717) is 37.9 Å². The third kappa shape index (κ3) is 4.82. The number of hydrogen-bond acceptors (Lipinski definition) is 9. The van der Waals surface area contributed by atoms with E-state index in [-0.39, 0.29) is 23.5 Å². The van der Waals surface area contributed by atoms with Gasteiger partial charge in [0.1, 0.15) is 17.6 Å². The van der Waals surface area contributed by atoms with Gasteiger partial charge in [-0.2, -0.15) is 0 Å². The maximum absolute atomic E-state index is 13.6. The van der Waals surface area contributed by atoms with Crippen LogP contribution in [0.2, 0.25) is 0 Å². The molecule has 36 heavy (non-hydrogen) atoms. The SMILES string of the molecule is CCOC(=O)C1=C(C)N=c2s/c(=C/c3ccc(OCC(=O)O)c(OC)c3)c(=O)n2[C@@H]1c1ccc(C)o1. The Morgan fingerprint density at radius 2 is 2.00 bits per heavy atom. The number of rotatable bonds is 8. The monoisotopic (exact) mass is 512 g/mol. The quantitative estimate of drug-likeness (QED) is 0.455. The number of aryl methyl sites for hydroxylation is 1. The zero-order valence-corrected chi connectivity index (χ0v) is 20.9. The second-order valence-electron chi connectivity index (χ2n) is 7.84. The number of fused-ring (bicyclic) bond motifs is 1. The number of aliphatic carboxylic acids is 1. The van der Waals surface area contributed by atoms with E-state index in [1.165, 1.54) is 23.0 Å². The number of aromatic nitrogens is 1. The van der Waals surface area contributed by atoms with Crippen LogP contribution >= 0.6 is 11.3 Å². The molecule has 0 spiro atoms. The number of carbonyl (C=O) groups excluding carboxylic acids is 1. The lowest BCUT2D eigenvalue weighted by Gasteiger charge is -2.22. The molecule has 4 rings (SSSR count). The second-order valence-corrected chi connectivity index (χ2v) is 8.85. The van der Waals surface area contributed by atoms with Crippen molar-refractivity contribution in [3.63, 3.8) is 0 Å². The summed E-state index contributed by atoms with van der Waals surface area (Å²) in [7, 11) is 1.44. The Hall–Kier alpha value is -4.12. The summed E-state index contributed by atoms with van der Waals surface area (Å²) < 4.78 is 23.5. The van der Waals surface area contributed by atoms with Gasteiger partial charge in [0.05, 0.1) is 29.5 Å². The van der Waals surface area contributed by atoms with Gasteiger partial charge in [0.25, 0.3) is 5.56 Å². The highest BCUT2D eigenvalue weighted by Crippen LogP contribution is 2.32. The van der Waals surface area contributed by atoms with Crippen LogP contribution in [0.5, 0.6) is 11.5 Å². The van der Waals surface area contributed by atoms with Crippen molar-refractivity contribution in [2.45, 2.75) is 26.8 Å². The highest BCUT2D eigenvalue weighted by Gasteiger charge is 2.35.